The van der Waals surface area contributed by atoms with Crippen molar-refractivity contribution in [3.05, 3.63) is 23.8 Å². The zero-order valence-corrected chi connectivity index (χ0v) is 33.8. The zero-order valence-electron chi connectivity index (χ0n) is 30.6. The Hall–Kier alpha value is -1.53. The minimum atomic E-state index is -0.596. The number of thioether (sulfide) groups is 4. The quantitative estimate of drug-likeness (QED) is 0.0483. The van der Waals surface area contributed by atoms with E-state index in [9.17, 15) is 34.8 Å². The summed E-state index contributed by atoms with van der Waals surface area (Å²) in [6.07, 6.45) is 1.17. The first-order valence-corrected chi connectivity index (χ1v) is 21.9. The van der Waals surface area contributed by atoms with E-state index in [1.165, 1.54) is 0 Å². The van der Waals surface area contributed by atoms with E-state index in [-0.39, 0.29) is 55.0 Å². The van der Waals surface area contributed by atoms with Gasteiger partial charge in [0, 0.05) is 82.1 Å². The topological polar surface area (TPSA) is 184 Å². The number of carbonyl (C=O) groups is 3. The van der Waals surface area contributed by atoms with Crippen LogP contribution in [0.4, 0.5) is 4.79 Å². The average Bonchev–Trinajstić information content (AvgIpc) is 3.08. The molecule has 294 valence electrons. The summed E-state index contributed by atoms with van der Waals surface area (Å²) in [7, 11) is 0. The number of unbranched alkanes of at least 4 members (excludes halogenated alkanes) is 1. The maximum Gasteiger partial charge on any atom is 0.407 e. The number of nitrogens with one attached hydrogen (secondary N) is 2. The van der Waals surface area contributed by atoms with Crippen LogP contribution in [-0.4, -0.2) is 142 Å². The highest BCUT2D eigenvalue weighted by molar-refractivity contribution is 8.03. The highest BCUT2D eigenvalue weighted by Gasteiger charge is 2.24. The molecule has 0 fully saturated rings. The number of hydrogen-bond donors (Lipinski definition) is 6. The van der Waals surface area contributed by atoms with Crippen molar-refractivity contribution in [1.82, 2.24) is 10.6 Å². The van der Waals surface area contributed by atoms with E-state index in [0.29, 0.717) is 97.1 Å². The van der Waals surface area contributed by atoms with Gasteiger partial charge in [-0.2, -0.15) is 47.0 Å². The SMILES string of the molecule is CCNC(=O)C(CCCCNC(=O)OC(C)(C)C)CC(=O)c1cc(OCC(CSCCO)SCCO)cc(OCC(CSCCO)SCCO)c1. The molecule has 0 aliphatic carbocycles. The second-order valence-corrected chi connectivity index (χ2v) is 17.6. The van der Waals surface area contributed by atoms with Gasteiger partial charge in [-0.1, -0.05) is 6.42 Å². The molecule has 3 atom stereocenters. The Bertz CT molecular complexity index is 1070. The number of alkyl carbamates (subject to hydrolysis) is 1. The molecule has 6 N–H and O–H groups in total. The molecule has 2 amide bonds. The van der Waals surface area contributed by atoms with Crippen LogP contribution in [0.25, 0.3) is 0 Å². The van der Waals surface area contributed by atoms with E-state index in [1.807, 2.05) is 6.92 Å². The molecular formula is C35H60N2O10S4. The Labute approximate surface area is 321 Å². The number of ether oxygens (including phenoxy) is 3. The summed E-state index contributed by atoms with van der Waals surface area (Å²) in [5.74, 6) is 3.57. The summed E-state index contributed by atoms with van der Waals surface area (Å²) < 4.78 is 17.7. The van der Waals surface area contributed by atoms with Crippen LogP contribution < -0.4 is 20.1 Å². The van der Waals surface area contributed by atoms with Gasteiger partial charge in [-0.25, -0.2) is 4.79 Å². The number of aliphatic hydroxyl groups is 4. The van der Waals surface area contributed by atoms with Crippen LogP contribution in [0.15, 0.2) is 18.2 Å². The molecule has 0 spiro atoms. The second-order valence-electron chi connectivity index (χ2n) is 12.5. The van der Waals surface area contributed by atoms with Gasteiger partial charge in [0.2, 0.25) is 5.91 Å². The average molecular weight is 797 g/mol. The highest BCUT2D eigenvalue weighted by Crippen LogP contribution is 2.28. The first-order valence-electron chi connectivity index (χ1n) is 17.5. The van der Waals surface area contributed by atoms with Gasteiger partial charge < -0.3 is 45.3 Å². The number of benzene rings is 1. The lowest BCUT2D eigenvalue weighted by Gasteiger charge is -2.20. The summed E-state index contributed by atoms with van der Waals surface area (Å²) in [6.45, 7) is 8.87. The monoisotopic (exact) mass is 796 g/mol. The zero-order chi connectivity index (χ0) is 37.9. The fraction of sp³-hybridized carbons (Fsp3) is 0.743. The molecule has 16 heteroatoms. The van der Waals surface area contributed by atoms with Crippen LogP contribution in [0.1, 0.15) is 63.7 Å². The van der Waals surface area contributed by atoms with Crippen molar-refractivity contribution < 1.29 is 49.0 Å². The van der Waals surface area contributed by atoms with Crippen LogP contribution >= 0.6 is 47.0 Å². The number of carbonyl (C=O) groups excluding carboxylic acids is 3. The molecule has 0 bridgehead atoms. The minimum Gasteiger partial charge on any atom is -0.492 e. The summed E-state index contributed by atoms with van der Waals surface area (Å²) in [5, 5.41) is 42.8. The molecule has 12 nitrogen and oxygen atoms in total. The molecule has 51 heavy (non-hydrogen) atoms. The maximum absolute atomic E-state index is 13.8. The summed E-state index contributed by atoms with van der Waals surface area (Å²) in [5.41, 5.74) is -0.243. The molecule has 0 aliphatic heterocycles. The third-order valence-corrected chi connectivity index (χ3v) is 11.9. The van der Waals surface area contributed by atoms with Gasteiger partial charge in [-0.05, 0) is 52.7 Å². The number of rotatable bonds is 30. The lowest BCUT2D eigenvalue weighted by molar-refractivity contribution is -0.125. The van der Waals surface area contributed by atoms with Gasteiger partial charge in [-0.3, -0.25) is 9.59 Å². The second kappa shape index (κ2) is 28.9. The van der Waals surface area contributed by atoms with Crippen LogP contribution in [-0.2, 0) is 9.53 Å². The number of Topliss-reactive ketones (excluding diaryl/α,β-unsaturated/α-hetero) is 1. The molecule has 0 aliphatic rings. The van der Waals surface area contributed by atoms with E-state index in [1.54, 1.807) is 86.0 Å². The maximum atomic E-state index is 13.8. The van der Waals surface area contributed by atoms with Crippen molar-refractivity contribution in [2.75, 3.05) is 87.2 Å². The molecule has 1 aromatic rings. The largest absolute Gasteiger partial charge is 0.492 e. The van der Waals surface area contributed by atoms with E-state index in [0.717, 1.165) is 0 Å². The Morgan fingerprint density at radius 1 is 0.765 bits per heavy atom. The lowest BCUT2D eigenvalue weighted by Crippen LogP contribution is -2.33. The van der Waals surface area contributed by atoms with E-state index < -0.39 is 17.6 Å². The number of ketones is 1. The van der Waals surface area contributed by atoms with Crippen molar-refractivity contribution in [2.24, 2.45) is 5.92 Å². The Morgan fingerprint density at radius 2 is 1.29 bits per heavy atom. The van der Waals surface area contributed by atoms with Crippen LogP contribution in [0, 0.1) is 5.92 Å². The van der Waals surface area contributed by atoms with Gasteiger partial charge in [0.25, 0.3) is 0 Å². The third-order valence-electron chi connectivity index (χ3n) is 6.84. The summed E-state index contributed by atoms with van der Waals surface area (Å²) in [4.78, 5) is 38.8. The fourth-order valence-corrected chi connectivity index (χ4v) is 8.43. The number of aliphatic hydroxyl groups excluding tert-OH is 4. The van der Waals surface area contributed by atoms with Crippen LogP contribution in [0.2, 0.25) is 0 Å². The lowest BCUT2D eigenvalue weighted by atomic mass is 9.92. The van der Waals surface area contributed by atoms with Crippen molar-refractivity contribution in [2.45, 2.75) is 69.5 Å². The molecule has 1 rings (SSSR count). The first kappa shape index (κ1) is 47.5. The van der Waals surface area contributed by atoms with Gasteiger partial charge in [0.05, 0.1) is 26.4 Å². The summed E-state index contributed by atoms with van der Waals surface area (Å²) >= 11 is 6.34. The predicted molar refractivity (Wildman–Crippen MR) is 212 cm³/mol. The third kappa shape index (κ3) is 23.7. The van der Waals surface area contributed by atoms with Crippen LogP contribution in [0.3, 0.4) is 0 Å². The minimum absolute atomic E-state index is 0.0201. The van der Waals surface area contributed by atoms with Gasteiger partial charge in [-0.15, -0.1) is 0 Å². The molecule has 0 heterocycles. The van der Waals surface area contributed by atoms with Crippen molar-refractivity contribution in [3.63, 3.8) is 0 Å². The van der Waals surface area contributed by atoms with Gasteiger partial charge >= 0.3 is 6.09 Å². The van der Waals surface area contributed by atoms with E-state index in [4.69, 9.17) is 14.2 Å². The number of hydrogen-bond acceptors (Lipinski definition) is 14. The van der Waals surface area contributed by atoms with Crippen LogP contribution in [0.5, 0.6) is 11.5 Å². The molecular weight excluding hydrogens is 737 g/mol. The smallest absolute Gasteiger partial charge is 0.407 e. The van der Waals surface area contributed by atoms with Gasteiger partial charge in [0.15, 0.2) is 5.78 Å². The molecule has 0 saturated carbocycles. The van der Waals surface area contributed by atoms with Gasteiger partial charge in [0.1, 0.15) is 30.3 Å². The van der Waals surface area contributed by atoms with Crippen molar-refractivity contribution >= 4 is 64.8 Å². The molecule has 1 aromatic carbocycles. The molecule has 0 radical (unpaired) electrons. The highest BCUT2D eigenvalue weighted by atomic mass is 32.2. The summed E-state index contributed by atoms with van der Waals surface area (Å²) in [6, 6.07) is 5.07. The molecule has 0 saturated heterocycles. The number of amides is 2. The Morgan fingerprint density at radius 3 is 1.76 bits per heavy atom. The van der Waals surface area contributed by atoms with E-state index >= 15 is 0 Å². The first-order chi connectivity index (χ1) is 24.5. The molecule has 0 aromatic heterocycles. The predicted octanol–water partition coefficient (Wildman–Crippen LogP) is 4.10. The molecule has 3 unspecified atom stereocenters. The van der Waals surface area contributed by atoms with Crippen molar-refractivity contribution in [3.8, 4) is 11.5 Å². The van der Waals surface area contributed by atoms with E-state index in [2.05, 4.69) is 10.6 Å². The normalized spacial score (nSPS) is 13.3. The standard InChI is InChI=1S/C35H60N2O10S4/c1-5-36-33(43)26(8-6-7-9-37-34(44)47-35(2,3)4)20-32(42)27-18-28(45-22-30(50-16-12-40)24-48-14-10-38)21-29(19-27)46-23-31(51-17-13-41)25-49-15-11-39/h18-19,21,26,30-31,38-41H,5-17,20,22-25H2,1-4H3,(H,36,43)(H,37,44). The van der Waals surface area contributed by atoms with Crippen molar-refractivity contribution in [1.29, 1.82) is 0 Å². The fourth-order valence-electron chi connectivity index (χ4n) is 4.57. The Kier molecular flexibility index (Phi) is 26.9. The Balaban J connectivity index is 3.16.